The molecule has 0 amide bonds. The maximum absolute atomic E-state index is 13.9. The Balaban J connectivity index is 2.13. The largest absolute Gasteiger partial charge is 0.327 e. The number of benzene rings is 2. The minimum atomic E-state index is -0.174. The number of thioether (sulfide) groups is 1. The summed E-state index contributed by atoms with van der Waals surface area (Å²) < 4.78 is 13.9. The van der Waals surface area contributed by atoms with E-state index in [2.05, 4.69) is 31.2 Å². The van der Waals surface area contributed by atoms with E-state index in [4.69, 9.17) is 5.73 Å². The van der Waals surface area contributed by atoms with Gasteiger partial charge in [0.05, 0.1) is 0 Å². The zero-order chi connectivity index (χ0) is 14.5. The van der Waals surface area contributed by atoms with Crippen molar-refractivity contribution in [1.82, 2.24) is 0 Å². The number of rotatable bonds is 5. The summed E-state index contributed by atoms with van der Waals surface area (Å²) in [7, 11) is 0. The summed E-state index contributed by atoms with van der Waals surface area (Å²) in [5.41, 5.74) is 9.23. The van der Waals surface area contributed by atoms with Crippen LogP contribution in [0.3, 0.4) is 0 Å². The van der Waals surface area contributed by atoms with Crippen LogP contribution in [0.4, 0.5) is 4.39 Å². The van der Waals surface area contributed by atoms with Crippen LogP contribution in [0.25, 0.3) is 0 Å². The van der Waals surface area contributed by atoms with E-state index in [1.807, 2.05) is 19.1 Å². The van der Waals surface area contributed by atoms with E-state index in [1.165, 1.54) is 17.2 Å². The lowest BCUT2D eigenvalue weighted by Crippen LogP contribution is -2.23. The molecule has 2 unspecified atom stereocenters. The molecule has 2 atom stereocenters. The highest BCUT2D eigenvalue weighted by molar-refractivity contribution is 7.98. The number of hydrogen-bond acceptors (Lipinski definition) is 2. The Labute approximate surface area is 124 Å². The lowest BCUT2D eigenvalue weighted by molar-refractivity contribution is 0.592. The van der Waals surface area contributed by atoms with Crippen LogP contribution in [0.1, 0.15) is 28.9 Å². The van der Waals surface area contributed by atoms with E-state index in [9.17, 15) is 4.39 Å². The quantitative estimate of drug-likeness (QED) is 0.879. The van der Waals surface area contributed by atoms with Crippen molar-refractivity contribution in [2.75, 3.05) is 0 Å². The monoisotopic (exact) mass is 289 g/mol. The van der Waals surface area contributed by atoms with E-state index in [1.54, 1.807) is 17.8 Å². The van der Waals surface area contributed by atoms with Gasteiger partial charge in [0.25, 0.3) is 0 Å². The Morgan fingerprint density at radius 2 is 1.90 bits per heavy atom. The van der Waals surface area contributed by atoms with E-state index in [-0.39, 0.29) is 17.1 Å². The molecule has 0 heterocycles. The van der Waals surface area contributed by atoms with Crippen molar-refractivity contribution in [2.45, 2.75) is 30.9 Å². The van der Waals surface area contributed by atoms with Crippen molar-refractivity contribution in [3.8, 4) is 0 Å². The van der Waals surface area contributed by atoms with Gasteiger partial charge in [-0.2, -0.15) is 0 Å². The Morgan fingerprint density at radius 1 is 1.15 bits per heavy atom. The molecule has 20 heavy (non-hydrogen) atoms. The van der Waals surface area contributed by atoms with Gasteiger partial charge in [0, 0.05) is 22.6 Å². The molecular weight excluding hydrogens is 269 g/mol. The van der Waals surface area contributed by atoms with Gasteiger partial charge in [0.2, 0.25) is 0 Å². The van der Waals surface area contributed by atoms with E-state index in [0.29, 0.717) is 5.56 Å². The van der Waals surface area contributed by atoms with Gasteiger partial charge in [0.1, 0.15) is 5.82 Å². The highest BCUT2D eigenvalue weighted by Crippen LogP contribution is 2.35. The maximum Gasteiger partial charge on any atom is 0.127 e. The third-order valence-corrected chi connectivity index (χ3v) is 4.74. The molecule has 0 saturated heterocycles. The van der Waals surface area contributed by atoms with Crippen molar-refractivity contribution in [1.29, 1.82) is 0 Å². The average Bonchev–Trinajstić information content (AvgIpc) is 2.40. The minimum Gasteiger partial charge on any atom is -0.327 e. The lowest BCUT2D eigenvalue weighted by Gasteiger charge is -2.21. The first kappa shape index (κ1) is 15.1. The summed E-state index contributed by atoms with van der Waals surface area (Å²) in [6, 6.07) is 15.2. The van der Waals surface area contributed by atoms with E-state index in [0.717, 1.165) is 5.75 Å². The van der Waals surface area contributed by atoms with Crippen LogP contribution in [0.5, 0.6) is 0 Å². The van der Waals surface area contributed by atoms with Gasteiger partial charge >= 0.3 is 0 Å². The predicted octanol–water partition coefficient (Wildman–Crippen LogP) is 4.46. The molecule has 106 valence electrons. The summed E-state index contributed by atoms with van der Waals surface area (Å²) in [5, 5.41) is -0.0308. The molecule has 2 aromatic carbocycles. The molecule has 3 heteroatoms. The topological polar surface area (TPSA) is 26.0 Å². The van der Waals surface area contributed by atoms with Gasteiger partial charge in [-0.05, 0) is 25.5 Å². The van der Waals surface area contributed by atoms with Gasteiger partial charge in [-0.25, -0.2) is 4.39 Å². The Kier molecular flexibility index (Phi) is 5.21. The zero-order valence-corrected chi connectivity index (χ0v) is 12.7. The molecule has 2 N–H and O–H groups in total. The zero-order valence-electron chi connectivity index (χ0n) is 11.8. The van der Waals surface area contributed by atoms with Gasteiger partial charge < -0.3 is 5.73 Å². The molecule has 0 radical (unpaired) electrons. The lowest BCUT2D eigenvalue weighted by atomic mass is 10.1. The molecule has 0 fully saturated rings. The van der Waals surface area contributed by atoms with Crippen LogP contribution in [0.15, 0.2) is 48.5 Å². The second kappa shape index (κ2) is 6.91. The van der Waals surface area contributed by atoms with Crippen molar-refractivity contribution in [3.05, 3.63) is 71.0 Å². The predicted molar refractivity (Wildman–Crippen MR) is 85.3 cm³/mol. The normalized spacial score (nSPS) is 14.0. The number of aryl methyl sites for hydroxylation is 1. The van der Waals surface area contributed by atoms with Crippen molar-refractivity contribution in [2.24, 2.45) is 5.73 Å². The fraction of sp³-hybridized carbons (Fsp3) is 0.294. The van der Waals surface area contributed by atoms with Crippen LogP contribution < -0.4 is 5.73 Å². The molecule has 0 aliphatic carbocycles. The molecule has 0 aliphatic rings. The van der Waals surface area contributed by atoms with E-state index >= 15 is 0 Å². The summed E-state index contributed by atoms with van der Waals surface area (Å²) in [6.07, 6.45) is 0. The van der Waals surface area contributed by atoms with Crippen LogP contribution in [0.2, 0.25) is 0 Å². The average molecular weight is 289 g/mol. The number of halogens is 1. The first-order valence-corrected chi connectivity index (χ1v) is 7.80. The van der Waals surface area contributed by atoms with Gasteiger partial charge in [0.15, 0.2) is 0 Å². The van der Waals surface area contributed by atoms with Crippen molar-refractivity contribution < 1.29 is 4.39 Å². The first-order valence-electron chi connectivity index (χ1n) is 6.75. The Hall–Kier alpha value is -1.32. The molecule has 0 aromatic heterocycles. The van der Waals surface area contributed by atoms with Crippen LogP contribution >= 0.6 is 11.8 Å². The maximum atomic E-state index is 13.9. The van der Waals surface area contributed by atoms with Crippen LogP contribution in [-0.4, -0.2) is 6.04 Å². The summed E-state index contributed by atoms with van der Waals surface area (Å²) in [4.78, 5) is 0. The van der Waals surface area contributed by atoms with Gasteiger partial charge in [-0.15, -0.1) is 11.8 Å². The smallest absolute Gasteiger partial charge is 0.127 e. The molecule has 0 bridgehead atoms. The Morgan fingerprint density at radius 3 is 2.55 bits per heavy atom. The second-order valence-electron chi connectivity index (χ2n) is 5.10. The van der Waals surface area contributed by atoms with Crippen LogP contribution in [-0.2, 0) is 5.75 Å². The van der Waals surface area contributed by atoms with Gasteiger partial charge in [-0.3, -0.25) is 0 Å². The number of hydrogen-bond donors (Lipinski definition) is 1. The highest BCUT2D eigenvalue weighted by Gasteiger charge is 2.20. The third-order valence-electron chi connectivity index (χ3n) is 3.20. The fourth-order valence-electron chi connectivity index (χ4n) is 2.22. The summed E-state index contributed by atoms with van der Waals surface area (Å²) in [6.45, 7) is 4.01. The SMILES string of the molecule is Cc1cccc(CSC(c2ccccc2F)C(C)N)c1. The molecule has 2 rings (SSSR count). The molecule has 0 saturated carbocycles. The summed E-state index contributed by atoms with van der Waals surface area (Å²) in [5.74, 6) is 0.661. The second-order valence-corrected chi connectivity index (χ2v) is 6.23. The number of nitrogens with two attached hydrogens (primary N) is 1. The molecule has 0 spiro atoms. The molecular formula is C17H20FNS. The van der Waals surface area contributed by atoms with E-state index < -0.39 is 0 Å². The van der Waals surface area contributed by atoms with Crippen LogP contribution in [0, 0.1) is 12.7 Å². The minimum absolute atomic E-state index is 0.0308. The highest BCUT2D eigenvalue weighted by atomic mass is 32.2. The van der Waals surface area contributed by atoms with Gasteiger partial charge in [-0.1, -0.05) is 48.0 Å². The standard InChI is InChI=1S/C17H20FNS/c1-12-6-5-7-14(10-12)11-20-17(13(2)19)15-8-3-4-9-16(15)18/h3-10,13,17H,11,19H2,1-2H3. The third kappa shape index (κ3) is 3.84. The molecule has 0 aliphatic heterocycles. The fourth-order valence-corrected chi connectivity index (χ4v) is 3.44. The summed E-state index contributed by atoms with van der Waals surface area (Å²) >= 11 is 1.69. The first-order chi connectivity index (χ1) is 9.58. The molecule has 2 aromatic rings. The molecule has 1 nitrogen and oxygen atoms in total. The van der Waals surface area contributed by atoms with Crippen molar-refractivity contribution in [3.63, 3.8) is 0 Å². The van der Waals surface area contributed by atoms with Crippen molar-refractivity contribution >= 4 is 11.8 Å². The Bertz CT molecular complexity index is 568.